The van der Waals surface area contributed by atoms with E-state index < -0.39 is 0 Å². The molecule has 0 saturated carbocycles. The number of nitrogens with zero attached hydrogens (tertiary/aromatic N) is 4. The average Bonchev–Trinajstić information content (AvgIpc) is 3.14. The summed E-state index contributed by atoms with van der Waals surface area (Å²) in [5.41, 5.74) is 1.20. The molecule has 0 saturated heterocycles. The lowest BCUT2D eigenvalue weighted by molar-refractivity contribution is 0.0931. The number of aryl methyl sites for hydroxylation is 1. The lowest BCUT2D eigenvalue weighted by Gasteiger charge is -2.16. The van der Waals surface area contributed by atoms with Crippen molar-refractivity contribution in [3.8, 4) is 0 Å². The molecule has 1 aromatic carbocycles. The van der Waals surface area contributed by atoms with Gasteiger partial charge in [0, 0.05) is 33.1 Å². The number of ether oxygens (including phenoxy) is 1. The Morgan fingerprint density at radius 1 is 1.16 bits per heavy atom. The van der Waals surface area contributed by atoms with E-state index in [0.717, 1.165) is 49.4 Å². The number of thioether (sulfide) groups is 1. The Morgan fingerprint density at radius 2 is 1.91 bits per heavy atom. The molecule has 2 aromatic rings. The smallest absolute Gasteiger partial charge is 0.190 e. The molecule has 0 amide bonds. The van der Waals surface area contributed by atoms with Crippen molar-refractivity contribution in [2.45, 2.75) is 51.9 Å². The van der Waals surface area contributed by atoms with Crippen molar-refractivity contribution in [1.82, 2.24) is 25.4 Å². The molecule has 1 unspecified atom stereocenters. The maximum absolute atomic E-state index is 5.83. The van der Waals surface area contributed by atoms with Crippen LogP contribution in [0.25, 0.3) is 0 Å². The van der Waals surface area contributed by atoms with Crippen LogP contribution in [0.2, 0.25) is 0 Å². The van der Waals surface area contributed by atoms with E-state index in [0.29, 0.717) is 25.0 Å². The summed E-state index contributed by atoms with van der Waals surface area (Å²) in [6.45, 7) is 10.6. The van der Waals surface area contributed by atoms with Crippen molar-refractivity contribution < 1.29 is 4.74 Å². The van der Waals surface area contributed by atoms with E-state index in [4.69, 9.17) is 4.74 Å². The lowest BCUT2D eigenvalue weighted by atomic mass is 10.2. The largest absolute Gasteiger partial charge is 0.376 e. The van der Waals surface area contributed by atoms with Gasteiger partial charge in [-0.3, -0.25) is 4.99 Å². The number of aliphatic imine (C=N–C) groups is 1. The average molecular weight is 575 g/mol. The molecule has 7 nitrogen and oxygen atoms in total. The molecule has 0 radical (unpaired) electrons. The molecule has 1 atom stereocenters. The van der Waals surface area contributed by atoms with Gasteiger partial charge in [0.1, 0.15) is 5.82 Å². The Bertz CT molecular complexity index is 784. The fourth-order valence-corrected chi connectivity index (χ4v) is 3.68. The lowest BCUT2D eigenvalue weighted by Crippen LogP contribution is -2.40. The quantitative estimate of drug-likeness (QED) is 0.123. The van der Waals surface area contributed by atoms with E-state index in [1.807, 2.05) is 18.2 Å². The van der Waals surface area contributed by atoms with Crippen LogP contribution >= 0.6 is 35.7 Å². The Labute approximate surface area is 214 Å². The van der Waals surface area contributed by atoms with Crippen molar-refractivity contribution >= 4 is 41.7 Å². The van der Waals surface area contributed by atoms with Crippen LogP contribution in [-0.4, -0.2) is 53.7 Å². The number of guanidine groups is 1. The number of hydrogen-bond acceptors (Lipinski definition) is 5. The summed E-state index contributed by atoms with van der Waals surface area (Å²) in [7, 11) is 1.80. The van der Waals surface area contributed by atoms with E-state index in [2.05, 4.69) is 69.6 Å². The van der Waals surface area contributed by atoms with Crippen LogP contribution in [0.4, 0.5) is 0 Å². The predicted octanol–water partition coefficient (Wildman–Crippen LogP) is 4.22. The van der Waals surface area contributed by atoms with Gasteiger partial charge in [0.15, 0.2) is 11.1 Å². The Hall–Kier alpha value is -1.33. The molecule has 180 valence electrons. The van der Waals surface area contributed by atoms with Crippen molar-refractivity contribution in [2.75, 3.05) is 33.0 Å². The molecular weight excluding hydrogens is 535 g/mol. The molecule has 1 heterocycles. The van der Waals surface area contributed by atoms with Gasteiger partial charge in [-0.15, -0.1) is 34.2 Å². The van der Waals surface area contributed by atoms with Gasteiger partial charge in [-0.05, 0) is 30.1 Å². The minimum Gasteiger partial charge on any atom is -0.376 e. The van der Waals surface area contributed by atoms with Crippen LogP contribution in [0, 0.1) is 11.8 Å². The second-order valence-corrected chi connectivity index (χ2v) is 8.97. The Balaban J connectivity index is 0.00000512. The number of hydrogen-bond donors (Lipinski definition) is 2. The highest BCUT2D eigenvalue weighted by molar-refractivity contribution is 14.0. The first-order valence-corrected chi connectivity index (χ1v) is 12.3. The van der Waals surface area contributed by atoms with Crippen LogP contribution < -0.4 is 10.6 Å². The highest BCUT2D eigenvalue weighted by Crippen LogP contribution is 2.16. The predicted molar refractivity (Wildman–Crippen MR) is 145 cm³/mol. The molecule has 0 bridgehead atoms. The summed E-state index contributed by atoms with van der Waals surface area (Å²) < 4.78 is 8.08. The zero-order chi connectivity index (χ0) is 22.5. The van der Waals surface area contributed by atoms with E-state index in [9.17, 15) is 0 Å². The fourth-order valence-electron chi connectivity index (χ4n) is 3.16. The monoisotopic (exact) mass is 574 g/mol. The van der Waals surface area contributed by atoms with Gasteiger partial charge < -0.3 is 19.9 Å². The maximum Gasteiger partial charge on any atom is 0.190 e. The summed E-state index contributed by atoms with van der Waals surface area (Å²) in [5.74, 6) is 2.85. The molecule has 0 aliphatic rings. The van der Waals surface area contributed by atoms with Gasteiger partial charge in [0.2, 0.25) is 0 Å². The van der Waals surface area contributed by atoms with Crippen molar-refractivity contribution in [2.24, 2.45) is 16.8 Å². The zero-order valence-corrected chi connectivity index (χ0v) is 23.2. The first kappa shape index (κ1) is 28.7. The maximum atomic E-state index is 5.83. The Kier molecular flexibility index (Phi) is 14.6. The molecule has 0 aliphatic heterocycles. The molecule has 0 aliphatic carbocycles. The third-order valence-electron chi connectivity index (χ3n) is 4.75. The van der Waals surface area contributed by atoms with Crippen molar-refractivity contribution in [3.05, 3.63) is 41.7 Å². The minimum absolute atomic E-state index is 0. The highest BCUT2D eigenvalue weighted by atomic mass is 127. The molecule has 2 N–H and O–H groups in total. The topological polar surface area (TPSA) is 76.4 Å². The number of halogens is 1. The van der Waals surface area contributed by atoms with E-state index in [1.165, 1.54) is 5.56 Å². The summed E-state index contributed by atoms with van der Waals surface area (Å²) in [5, 5.41) is 16.5. The number of aromatic nitrogens is 3. The molecule has 1 aromatic heterocycles. The molecule has 9 heteroatoms. The van der Waals surface area contributed by atoms with Crippen molar-refractivity contribution in [3.63, 3.8) is 0 Å². The van der Waals surface area contributed by atoms with E-state index in [1.54, 1.807) is 18.8 Å². The van der Waals surface area contributed by atoms with Gasteiger partial charge in [0.05, 0.1) is 13.2 Å². The summed E-state index contributed by atoms with van der Waals surface area (Å²) in [6, 6.07) is 10.3. The van der Waals surface area contributed by atoms with Gasteiger partial charge in [-0.1, -0.05) is 62.9 Å². The molecular formula is C23H39IN6OS. The van der Waals surface area contributed by atoms with Crippen LogP contribution in [0.3, 0.4) is 0 Å². The zero-order valence-electron chi connectivity index (χ0n) is 20.0. The third-order valence-corrected chi connectivity index (χ3v) is 5.42. The molecule has 32 heavy (non-hydrogen) atoms. The molecule has 2 rings (SSSR count). The second-order valence-electron chi connectivity index (χ2n) is 8.20. The first-order valence-electron chi connectivity index (χ1n) is 11.1. The third kappa shape index (κ3) is 10.5. The summed E-state index contributed by atoms with van der Waals surface area (Å²) in [4.78, 5) is 4.32. The normalized spacial score (nSPS) is 12.5. The van der Waals surface area contributed by atoms with Crippen LogP contribution in [0.15, 0.2) is 40.5 Å². The van der Waals surface area contributed by atoms with Gasteiger partial charge >= 0.3 is 0 Å². The standard InChI is InChI=1S/C23H38N6OS.HI/c1-18(2)15-29-21(27-28-23(29)31-5)12-9-13-25-22(24-4)26-14-19(3)16-30-17-20-10-7-6-8-11-20;/h6-8,10-11,18-19H,9,12-17H2,1-5H3,(H2,24,25,26);1H. The highest BCUT2D eigenvalue weighted by Gasteiger charge is 2.12. The van der Waals surface area contributed by atoms with E-state index >= 15 is 0 Å². The Morgan fingerprint density at radius 3 is 2.56 bits per heavy atom. The fraction of sp³-hybridized carbons (Fsp3) is 0.609. The van der Waals surface area contributed by atoms with Gasteiger partial charge in [-0.2, -0.15) is 0 Å². The second kappa shape index (κ2) is 16.3. The van der Waals surface area contributed by atoms with Crippen molar-refractivity contribution in [1.29, 1.82) is 0 Å². The first-order chi connectivity index (χ1) is 15.0. The molecule has 0 fully saturated rings. The summed E-state index contributed by atoms with van der Waals surface area (Å²) >= 11 is 1.65. The van der Waals surface area contributed by atoms with E-state index in [-0.39, 0.29) is 24.0 Å². The van der Waals surface area contributed by atoms with Crippen LogP contribution in [0.1, 0.15) is 38.6 Å². The minimum atomic E-state index is 0. The number of nitrogens with one attached hydrogen (secondary N) is 2. The number of rotatable bonds is 13. The van der Waals surface area contributed by atoms with Crippen LogP contribution in [-0.2, 0) is 24.3 Å². The SMILES string of the molecule is CN=C(NCCCc1nnc(SC)n1CC(C)C)NCC(C)COCc1ccccc1.I. The van der Waals surface area contributed by atoms with Crippen LogP contribution in [0.5, 0.6) is 0 Å². The van der Waals surface area contributed by atoms with Gasteiger partial charge in [-0.25, -0.2) is 0 Å². The number of benzene rings is 1. The summed E-state index contributed by atoms with van der Waals surface area (Å²) in [6.07, 6.45) is 3.92. The molecule has 0 spiro atoms. The van der Waals surface area contributed by atoms with Gasteiger partial charge in [0.25, 0.3) is 0 Å².